The number of unbranched alkanes of at least 4 members (excludes halogenated alkanes) is 30. The molecule has 302 valence electrons. The van der Waals surface area contributed by atoms with E-state index in [-0.39, 0.29) is 31.1 Å². The first-order valence-electron chi connectivity index (χ1n) is 22.5. The van der Waals surface area contributed by atoms with Gasteiger partial charge in [-0.1, -0.05) is 213 Å². The number of carbonyl (C=O) groups is 3. The maximum absolute atomic E-state index is 12.5. The lowest BCUT2D eigenvalue weighted by atomic mass is 10.0. The summed E-state index contributed by atoms with van der Waals surface area (Å²) in [6, 6.07) is 0. The monoisotopic (exact) mass is 723 g/mol. The van der Waals surface area contributed by atoms with Crippen molar-refractivity contribution in [3.8, 4) is 0 Å². The van der Waals surface area contributed by atoms with Gasteiger partial charge in [0.2, 0.25) is 0 Å². The fourth-order valence-corrected chi connectivity index (χ4v) is 6.68. The van der Waals surface area contributed by atoms with Crippen LogP contribution in [0.3, 0.4) is 0 Å². The van der Waals surface area contributed by atoms with Gasteiger partial charge in [0.05, 0.1) is 0 Å². The molecule has 6 nitrogen and oxygen atoms in total. The summed E-state index contributed by atoms with van der Waals surface area (Å²) in [6.45, 7) is 6.57. The largest absolute Gasteiger partial charge is 0.462 e. The van der Waals surface area contributed by atoms with Crippen LogP contribution >= 0.6 is 0 Å². The van der Waals surface area contributed by atoms with E-state index in [1.165, 1.54) is 148 Å². The molecule has 0 unspecified atom stereocenters. The van der Waals surface area contributed by atoms with Crippen LogP contribution in [0.2, 0.25) is 0 Å². The Morgan fingerprint density at radius 2 is 0.529 bits per heavy atom. The van der Waals surface area contributed by atoms with Crippen molar-refractivity contribution < 1.29 is 28.6 Å². The zero-order valence-corrected chi connectivity index (χ0v) is 34.4. The van der Waals surface area contributed by atoms with E-state index in [1.807, 2.05) is 0 Å². The maximum atomic E-state index is 12.5. The molecule has 0 saturated heterocycles. The lowest BCUT2D eigenvalue weighted by Gasteiger charge is -2.18. The Labute approximate surface area is 317 Å². The van der Waals surface area contributed by atoms with E-state index in [2.05, 4.69) is 20.8 Å². The summed E-state index contributed by atoms with van der Waals surface area (Å²) in [5.41, 5.74) is 0. The molecule has 51 heavy (non-hydrogen) atoms. The van der Waals surface area contributed by atoms with Gasteiger partial charge in [0.1, 0.15) is 13.2 Å². The summed E-state index contributed by atoms with van der Waals surface area (Å²) in [6.07, 6.45) is 41.2. The van der Waals surface area contributed by atoms with Crippen LogP contribution in [0.1, 0.15) is 252 Å². The van der Waals surface area contributed by atoms with Gasteiger partial charge in [-0.3, -0.25) is 14.4 Å². The number of hydrogen-bond donors (Lipinski definition) is 0. The Kier molecular flexibility index (Phi) is 39.9. The van der Waals surface area contributed by atoms with Crippen molar-refractivity contribution in [1.82, 2.24) is 0 Å². The summed E-state index contributed by atoms with van der Waals surface area (Å²) in [5, 5.41) is 0. The van der Waals surface area contributed by atoms with Crippen molar-refractivity contribution in [2.75, 3.05) is 13.2 Å². The third kappa shape index (κ3) is 39.5. The standard InChI is InChI=1S/C45H86O6/c1-4-7-10-13-15-17-19-20-21-22-23-24-26-28-30-33-35-38-44(47)50-41-42(51-45(48)39-36-31-12-9-6-3)40-49-43(46)37-34-32-29-27-25-18-16-14-11-8-5-2/h42H,4-41H2,1-3H3/t42-/m1/s1. The number of esters is 3. The predicted molar refractivity (Wildman–Crippen MR) is 215 cm³/mol. The van der Waals surface area contributed by atoms with Crippen molar-refractivity contribution in [1.29, 1.82) is 0 Å². The average molecular weight is 723 g/mol. The molecule has 0 heterocycles. The maximum Gasteiger partial charge on any atom is 0.306 e. The molecule has 0 aromatic carbocycles. The first-order valence-corrected chi connectivity index (χ1v) is 22.5. The smallest absolute Gasteiger partial charge is 0.306 e. The first kappa shape index (κ1) is 49.4. The zero-order chi connectivity index (χ0) is 37.3. The van der Waals surface area contributed by atoms with Crippen LogP contribution in [0.25, 0.3) is 0 Å². The quantitative estimate of drug-likeness (QED) is 0.0355. The van der Waals surface area contributed by atoms with Crippen molar-refractivity contribution >= 4 is 17.9 Å². The third-order valence-electron chi connectivity index (χ3n) is 10.1. The molecule has 0 radical (unpaired) electrons. The van der Waals surface area contributed by atoms with Gasteiger partial charge in [-0.05, 0) is 19.3 Å². The second kappa shape index (κ2) is 41.2. The number of ether oxygens (including phenoxy) is 3. The predicted octanol–water partition coefficient (Wildman–Crippen LogP) is 14.1. The van der Waals surface area contributed by atoms with Crippen LogP contribution in [0.15, 0.2) is 0 Å². The number of hydrogen-bond acceptors (Lipinski definition) is 6. The van der Waals surface area contributed by atoms with E-state index in [1.54, 1.807) is 0 Å². The SMILES string of the molecule is CCCCCCCCCCCCCCCCCCCC(=O)OC[C@@H](COC(=O)CCCCCCCCCCCCC)OC(=O)CCCCCCC. The molecule has 0 aromatic heterocycles. The number of carbonyl (C=O) groups excluding carboxylic acids is 3. The Hall–Kier alpha value is -1.59. The summed E-state index contributed by atoms with van der Waals surface area (Å²) in [7, 11) is 0. The fraction of sp³-hybridized carbons (Fsp3) is 0.933. The highest BCUT2D eigenvalue weighted by molar-refractivity contribution is 5.71. The average Bonchev–Trinajstić information content (AvgIpc) is 3.12. The zero-order valence-electron chi connectivity index (χ0n) is 34.4. The van der Waals surface area contributed by atoms with Gasteiger partial charge in [0, 0.05) is 19.3 Å². The van der Waals surface area contributed by atoms with Crippen LogP contribution in [-0.2, 0) is 28.6 Å². The second-order valence-corrected chi connectivity index (χ2v) is 15.3. The topological polar surface area (TPSA) is 78.9 Å². The molecule has 1 atom stereocenters. The molecule has 6 heteroatoms. The molecule has 0 rings (SSSR count). The number of rotatable bonds is 41. The summed E-state index contributed by atoms with van der Waals surface area (Å²) >= 11 is 0. The third-order valence-corrected chi connectivity index (χ3v) is 10.1. The lowest BCUT2D eigenvalue weighted by Crippen LogP contribution is -2.30. The molecule has 0 aromatic rings. The van der Waals surface area contributed by atoms with Crippen molar-refractivity contribution in [3.05, 3.63) is 0 Å². The summed E-state index contributed by atoms with van der Waals surface area (Å²) < 4.78 is 16.6. The minimum atomic E-state index is -0.756. The highest BCUT2D eigenvalue weighted by atomic mass is 16.6. The minimum Gasteiger partial charge on any atom is -0.462 e. The molecule has 0 bridgehead atoms. The van der Waals surface area contributed by atoms with Gasteiger partial charge < -0.3 is 14.2 Å². The molecular formula is C45H86O6. The Bertz CT molecular complexity index is 753. The molecule has 0 amide bonds. The van der Waals surface area contributed by atoms with Gasteiger partial charge in [-0.25, -0.2) is 0 Å². The highest BCUT2D eigenvalue weighted by Crippen LogP contribution is 2.16. The van der Waals surface area contributed by atoms with Crippen LogP contribution in [0.4, 0.5) is 0 Å². The fourth-order valence-electron chi connectivity index (χ4n) is 6.68. The van der Waals surface area contributed by atoms with E-state index in [9.17, 15) is 14.4 Å². The van der Waals surface area contributed by atoms with E-state index in [4.69, 9.17) is 14.2 Å². The van der Waals surface area contributed by atoms with Gasteiger partial charge in [0.15, 0.2) is 6.10 Å². The lowest BCUT2D eigenvalue weighted by molar-refractivity contribution is -0.167. The molecule has 0 aliphatic rings. The molecule has 0 fully saturated rings. The molecule has 0 saturated carbocycles. The summed E-state index contributed by atoms with van der Waals surface area (Å²) in [4.78, 5) is 37.4. The van der Waals surface area contributed by atoms with E-state index < -0.39 is 6.10 Å². The first-order chi connectivity index (χ1) is 25.0. The van der Waals surface area contributed by atoms with Gasteiger partial charge >= 0.3 is 17.9 Å². The van der Waals surface area contributed by atoms with Crippen LogP contribution in [-0.4, -0.2) is 37.2 Å². The van der Waals surface area contributed by atoms with Crippen LogP contribution < -0.4 is 0 Å². The van der Waals surface area contributed by atoms with E-state index in [0.29, 0.717) is 19.3 Å². The molecule has 0 N–H and O–H groups in total. The van der Waals surface area contributed by atoms with Crippen LogP contribution in [0.5, 0.6) is 0 Å². The minimum absolute atomic E-state index is 0.0644. The van der Waals surface area contributed by atoms with Crippen molar-refractivity contribution in [2.45, 2.75) is 258 Å². The van der Waals surface area contributed by atoms with Crippen LogP contribution in [0, 0.1) is 0 Å². The van der Waals surface area contributed by atoms with Crippen molar-refractivity contribution in [3.63, 3.8) is 0 Å². The normalized spacial score (nSPS) is 11.8. The molecule has 0 aliphatic carbocycles. The second-order valence-electron chi connectivity index (χ2n) is 15.3. The Morgan fingerprint density at radius 3 is 0.784 bits per heavy atom. The van der Waals surface area contributed by atoms with E-state index in [0.717, 1.165) is 64.2 Å². The van der Waals surface area contributed by atoms with Crippen molar-refractivity contribution in [2.24, 2.45) is 0 Å². The molecule has 0 spiro atoms. The van der Waals surface area contributed by atoms with Gasteiger partial charge in [-0.2, -0.15) is 0 Å². The molecular weight excluding hydrogens is 636 g/mol. The summed E-state index contributed by atoms with van der Waals surface area (Å²) in [5.74, 6) is -0.868. The van der Waals surface area contributed by atoms with E-state index >= 15 is 0 Å². The highest BCUT2D eigenvalue weighted by Gasteiger charge is 2.19. The Morgan fingerprint density at radius 1 is 0.314 bits per heavy atom. The van der Waals surface area contributed by atoms with Gasteiger partial charge in [0.25, 0.3) is 0 Å². The molecule has 0 aliphatic heterocycles. The Balaban J connectivity index is 4.10. The van der Waals surface area contributed by atoms with Gasteiger partial charge in [-0.15, -0.1) is 0 Å².